The molecule has 0 unspecified atom stereocenters. The zero-order valence-electron chi connectivity index (χ0n) is 11.9. The highest BCUT2D eigenvalue weighted by molar-refractivity contribution is 6.10. The van der Waals surface area contributed by atoms with E-state index in [4.69, 9.17) is 18.0 Å². The Hall–Kier alpha value is -3.33. The van der Waals surface area contributed by atoms with Crippen molar-refractivity contribution in [3.63, 3.8) is 0 Å². The number of hydrogen-bond acceptors (Lipinski definition) is 2. The predicted octanol–water partition coefficient (Wildman–Crippen LogP) is 2.33. The molecule has 0 aliphatic carbocycles. The molecule has 6 heteroatoms. The molecule has 6 nitrogen and oxygen atoms in total. The second-order valence-electron chi connectivity index (χ2n) is 4.67. The molecular weight excluding hydrogens is 280 g/mol. The van der Waals surface area contributed by atoms with E-state index in [0.29, 0.717) is 11.1 Å². The highest BCUT2D eigenvalue weighted by Crippen LogP contribution is 2.39. The number of phenolic OH excluding ortho intramolecular Hbond substituents is 1. The number of carbonyl (C=O) groups is 1. The van der Waals surface area contributed by atoms with Gasteiger partial charge in [0.25, 0.3) is 5.91 Å². The summed E-state index contributed by atoms with van der Waals surface area (Å²) in [7, 11) is 0. The maximum Gasteiger partial charge on any atom is 0.283 e. The Morgan fingerprint density at radius 2 is 1.82 bits per heavy atom. The molecule has 0 atom stereocenters. The Kier molecular flexibility index (Phi) is 4.09. The summed E-state index contributed by atoms with van der Waals surface area (Å²) in [5, 5.41) is 10.0. The van der Waals surface area contributed by atoms with Gasteiger partial charge in [-0.1, -0.05) is 35.9 Å². The van der Waals surface area contributed by atoms with Crippen LogP contribution in [0, 0.1) is 13.5 Å². The first-order chi connectivity index (χ1) is 10.4. The van der Waals surface area contributed by atoms with Gasteiger partial charge in [-0.05, 0) is 18.6 Å². The molecule has 0 aromatic heterocycles. The van der Waals surface area contributed by atoms with Gasteiger partial charge in [0.05, 0.1) is 12.1 Å². The minimum absolute atomic E-state index is 0.0919. The topological polar surface area (TPSA) is 106 Å². The van der Waals surface area contributed by atoms with Crippen LogP contribution in [0.25, 0.3) is 16.0 Å². The SMILES string of the molecule is [C-]#[N+]c1ccc(O)c(C(=O)N=C(N)N)c1-c1ccc(C)cc1. The van der Waals surface area contributed by atoms with Crippen LogP contribution in [0.4, 0.5) is 5.69 Å². The number of carbonyl (C=O) groups excluding carboxylic acids is 1. The Balaban J connectivity index is 2.77. The predicted molar refractivity (Wildman–Crippen MR) is 84.7 cm³/mol. The van der Waals surface area contributed by atoms with Crippen molar-refractivity contribution in [2.75, 3.05) is 0 Å². The summed E-state index contributed by atoms with van der Waals surface area (Å²) in [6.45, 7) is 9.20. The summed E-state index contributed by atoms with van der Waals surface area (Å²) < 4.78 is 0. The molecule has 2 rings (SSSR count). The second-order valence-corrected chi connectivity index (χ2v) is 4.67. The molecule has 0 bridgehead atoms. The molecule has 0 aliphatic rings. The van der Waals surface area contributed by atoms with Gasteiger partial charge in [-0.3, -0.25) is 4.79 Å². The molecule has 0 spiro atoms. The number of aryl methyl sites for hydroxylation is 1. The number of aliphatic imine (C=N–C) groups is 1. The molecule has 1 amide bonds. The van der Waals surface area contributed by atoms with Crippen molar-refractivity contribution < 1.29 is 9.90 Å². The first-order valence-corrected chi connectivity index (χ1v) is 6.38. The third kappa shape index (κ3) is 2.88. The van der Waals surface area contributed by atoms with Gasteiger partial charge in [-0.2, -0.15) is 4.99 Å². The zero-order valence-corrected chi connectivity index (χ0v) is 11.9. The fourth-order valence-corrected chi connectivity index (χ4v) is 2.08. The average Bonchev–Trinajstić information content (AvgIpc) is 2.47. The van der Waals surface area contributed by atoms with Crippen LogP contribution in [0.15, 0.2) is 41.4 Å². The first kappa shape index (κ1) is 15.1. The van der Waals surface area contributed by atoms with Gasteiger partial charge in [0.2, 0.25) is 0 Å². The lowest BCUT2D eigenvalue weighted by atomic mass is 9.95. The maximum atomic E-state index is 12.2. The fourth-order valence-electron chi connectivity index (χ4n) is 2.08. The summed E-state index contributed by atoms with van der Waals surface area (Å²) in [4.78, 5) is 19.1. The van der Waals surface area contributed by atoms with Crippen LogP contribution in [0.5, 0.6) is 5.75 Å². The number of hydrogen-bond donors (Lipinski definition) is 3. The zero-order chi connectivity index (χ0) is 16.3. The molecule has 0 saturated heterocycles. The molecule has 2 aromatic carbocycles. The maximum absolute atomic E-state index is 12.2. The molecule has 0 saturated carbocycles. The lowest BCUT2D eigenvalue weighted by molar-refractivity contribution is 0.100. The van der Waals surface area contributed by atoms with E-state index in [1.807, 2.05) is 19.1 Å². The van der Waals surface area contributed by atoms with Crippen molar-refractivity contribution in [3.05, 3.63) is 58.9 Å². The molecule has 0 heterocycles. The highest BCUT2D eigenvalue weighted by Gasteiger charge is 2.21. The third-order valence-electron chi connectivity index (χ3n) is 3.07. The summed E-state index contributed by atoms with van der Waals surface area (Å²) in [5.41, 5.74) is 12.6. The quantitative estimate of drug-likeness (QED) is 0.449. The number of nitrogens with zero attached hydrogens (tertiary/aromatic N) is 2. The van der Waals surface area contributed by atoms with Crippen molar-refractivity contribution in [1.82, 2.24) is 0 Å². The van der Waals surface area contributed by atoms with Crippen LogP contribution < -0.4 is 11.5 Å². The minimum Gasteiger partial charge on any atom is -0.507 e. The van der Waals surface area contributed by atoms with Gasteiger partial charge in [-0.25, -0.2) is 4.85 Å². The lowest BCUT2D eigenvalue weighted by Crippen LogP contribution is -2.24. The average molecular weight is 294 g/mol. The van der Waals surface area contributed by atoms with Gasteiger partial charge < -0.3 is 16.6 Å². The number of nitrogens with two attached hydrogens (primary N) is 2. The van der Waals surface area contributed by atoms with Crippen LogP contribution in [-0.4, -0.2) is 17.0 Å². The molecule has 0 radical (unpaired) electrons. The van der Waals surface area contributed by atoms with E-state index in [1.54, 1.807) is 12.1 Å². The van der Waals surface area contributed by atoms with Crippen LogP contribution in [0.1, 0.15) is 15.9 Å². The number of phenols is 1. The van der Waals surface area contributed by atoms with E-state index < -0.39 is 11.9 Å². The largest absolute Gasteiger partial charge is 0.507 e. The Morgan fingerprint density at radius 3 is 2.36 bits per heavy atom. The van der Waals surface area contributed by atoms with Crippen LogP contribution in [0.2, 0.25) is 0 Å². The van der Waals surface area contributed by atoms with Crippen molar-refractivity contribution >= 4 is 17.6 Å². The summed E-state index contributed by atoms with van der Waals surface area (Å²) in [6, 6.07) is 9.96. The van der Waals surface area contributed by atoms with Gasteiger partial charge in [0.1, 0.15) is 5.75 Å². The van der Waals surface area contributed by atoms with Gasteiger partial charge in [0, 0.05) is 5.56 Å². The molecule has 2 aromatic rings. The van der Waals surface area contributed by atoms with Gasteiger partial charge >= 0.3 is 0 Å². The Labute approximate surface area is 127 Å². The van der Waals surface area contributed by atoms with Crippen molar-refractivity contribution in [1.29, 1.82) is 0 Å². The number of rotatable bonds is 2. The van der Waals surface area contributed by atoms with Crippen LogP contribution >= 0.6 is 0 Å². The first-order valence-electron chi connectivity index (χ1n) is 6.38. The summed E-state index contributed by atoms with van der Waals surface area (Å²) in [5.74, 6) is -1.48. The van der Waals surface area contributed by atoms with Gasteiger partial charge in [-0.15, -0.1) is 0 Å². The molecular formula is C16H14N4O2. The molecule has 0 aliphatic heterocycles. The molecule has 0 fully saturated rings. The standard InChI is InChI=1S/C16H14N4O2/c1-9-3-5-10(6-4-9)13-11(19-2)7-8-12(21)14(13)15(22)20-16(17)18/h3-8,21H,1H3,(H4,17,18,20,22). The summed E-state index contributed by atoms with van der Waals surface area (Å²) in [6.07, 6.45) is 0. The highest BCUT2D eigenvalue weighted by atomic mass is 16.3. The number of aromatic hydroxyl groups is 1. The lowest BCUT2D eigenvalue weighted by Gasteiger charge is -2.11. The van der Waals surface area contributed by atoms with E-state index in [9.17, 15) is 9.90 Å². The molecule has 22 heavy (non-hydrogen) atoms. The van der Waals surface area contributed by atoms with Gasteiger partial charge in [0.15, 0.2) is 11.6 Å². The van der Waals surface area contributed by atoms with E-state index in [1.165, 1.54) is 12.1 Å². The third-order valence-corrected chi connectivity index (χ3v) is 3.07. The smallest absolute Gasteiger partial charge is 0.283 e. The van der Waals surface area contributed by atoms with E-state index >= 15 is 0 Å². The van der Waals surface area contributed by atoms with Crippen LogP contribution in [0.3, 0.4) is 0 Å². The number of guanidine groups is 1. The number of benzene rings is 2. The van der Waals surface area contributed by atoms with E-state index in [0.717, 1.165) is 5.56 Å². The number of amides is 1. The fraction of sp³-hybridized carbons (Fsp3) is 0.0625. The van der Waals surface area contributed by atoms with Crippen molar-refractivity contribution in [2.45, 2.75) is 6.92 Å². The molecule has 110 valence electrons. The van der Waals surface area contributed by atoms with Crippen molar-refractivity contribution in [2.24, 2.45) is 16.5 Å². The Bertz CT molecular complexity index is 798. The van der Waals surface area contributed by atoms with Crippen LogP contribution in [-0.2, 0) is 0 Å². The Morgan fingerprint density at radius 1 is 1.18 bits per heavy atom. The second kappa shape index (κ2) is 5.97. The summed E-state index contributed by atoms with van der Waals surface area (Å²) >= 11 is 0. The van der Waals surface area contributed by atoms with E-state index in [2.05, 4.69) is 9.84 Å². The van der Waals surface area contributed by atoms with Crippen molar-refractivity contribution in [3.8, 4) is 16.9 Å². The minimum atomic E-state index is -0.793. The normalized spacial score (nSPS) is 9.82. The molecule has 5 N–H and O–H groups in total. The monoisotopic (exact) mass is 294 g/mol. The van der Waals surface area contributed by atoms with E-state index in [-0.39, 0.29) is 17.0 Å².